The minimum absolute atomic E-state index is 0.341. The van der Waals surface area contributed by atoms with Crippen molar-refractivity contribution in [2.75, 3.05) is 6.54 Å². The molecule has 2 aromatic rings. The molecule has 82 valence electrons. The number of rotatable bonds is 1. The van der Waals surface area contributed by atoms with Gasteiger partial charge in [0.25, 0.3) is 0 Å². The standard InChI is InChI=1S/C12H14N4/c1-9-12-10(5-7-13-9)16(8-15-12)11-4-2-3-6-14-11/h2-4,6,8-9,13H,5,7H2,1H3. The maximum Gasteiger partial charge on any atom is 0.138 e. The summed E-state index contributed by atoms with van der Waals surface area (Å²) < 4.78 is 2.09. The van der Waals surface area contributed by atoms with Gasteiger partial charge in [0.1, 0.15) is 12.1 Å². The van der Waals surface area contributed by atoms with Gasteiger partial charge in [0, 0.05) is 25.2 Å². The number of nitrogens with one attached hydrogen (secondary N) is 1. The average molecular weight is 214 g/mol. The van der Waals surface area contributed by atoms with Crippen LogP contribution in [0.1, 0.15) is 24.4 Å². The van der Waals surface area contributed by atoms with Gasteiger partial charge in [-0.2, -0.15) is 0 Å². The molecule has 4 nitrogen and oxygen atoms in total. The van der Waals surface area contributed by atoms with Gasteiger partial charge in [-0.05, 0) is 19.1 Å². The van der Waals surface area contributed by atoms with Crippen molar-refractivity contribution in [3.63, 3.8) is 0 Å². The first-order valence-electron chi connectivity index (χ1n) is 5.57. The molecular formula is C12H14N4. The summed E-state index contributed by atoms with van der Waals surface area (Å²) in [7, 11) is 0. The van der Waals surface area contributed by atoms with E-state index in [-0.39, 0.29) is 0 Å². The van der Waals surface area contributed by atoms with E-state index in [1.165, 1.54) is 5.69 Å². The molecule has 2 aromatic heterocycles. The molecule has 3 heterocycles. The third-order valence-corrected chi connectivity index (χ3v) is 3.02. The molecule has 16 heavy (non-hydrogen) atoms. The number of imidazole rings is 1. The number of nitrogens with zero attached hydrogens (tertiary/aromatic N) is 3. The highest BCUT2D eigenvalue weighted by Crippen LogP contribution is 2.22. The molecule has 0 saturated carbocycles. The van der Waals surface area contributed by atoms with E-state index in [1.54, 1.807) is 0 Å². The minimum Gasteiger partial charge on any atom is -0.308 e. The van der Waals surface area contributed by atoms with E-state index in [4.69, 9.17) is 0 Å². The van der Waals surface area contributed by atoms with Crippen LogP contribution in [0.4, 0.5) is 0 Å². The van der Waals surface area contributed by atoms with Crippen LogP contribution in [0.3, 0.4) is 0 Å². The lowest BCUT2D eigenvalue weighted by molar-refractivity contribution is 0.523. The molecule has 1 aliphatic rings. The second kappa shape index (κ2) is 3.72. The van der Waals surface area contributed by atoms with Gasteiger partial charge in [-0.25, -0.2) is 9.97 Å². The summed E-state index contributed by atoms with van der Waals surface area (Å²) in [5.74, 6) is 0.949. The molecule has 3 rings (SSSR count). The number of pyridine rings is 1. The Morgan fingerprint density at radius 3 is 3.12 bits per heavy atom. The minimum atomic E-state index is 0.341. The zero-order chi connectivity index (χ0) is 11.0. The van der Waals surface area contributed by atoms with Gasteiger partial charge in [0.2, 0.25) is 0 Å². The Hall–Kier alpha value is -1.68. The Bertz CT molecular complexity index is 489. The van der Waals surface area contributed by atoms with Crippen LogP contribution in [-0.2, 0) is 6.42 Å². The van der Waals surface area contributed by atoms with Crippen LogP contribution in [0.5, 0.6) is 0 Å². The first-order chi connectivity index (χ1) is 7.86. The molecular weight excluding hydrogens is 200 g/mol. The Labute approximate surface area is 94.4 Å². The fourth-order valence-electron chi connectivity index (χ4n) is 2.20. The summed E-state index contributed by atoms with van der Waals surface area (Å²) in [6.45, 7) is 3.15. The van der Waals surface area contributed by atoms with Gasteiger partial charge in [-0.15, -0.1) is 0 Å². The first-order valence-corrected chi connectivity index (χ1v) is 5.57. The predicted octanol–water partition coefficient (Wildman–Crippen LogP) is 1.47. The smallest absolute Gasteiger partial charge is 0.138 e. The zero-order valence-corrected chi connectivity index (χ0v) is 9.22. The molecule has 0 spiro atoms. The highest BCUT2D eigenvalue weighted by Gasteiger charge is 2.21. The average Bonchev–Trinajstić information content (AvgIpc) is 2.75. The van der Waals surface area contributed by atoms with Crippen LogP contribution in [0, 0.1) is 0 Å². The van der Waals surface area contributed by atoms with Gasteiger partial charge < -0.3 is 5.32 Å². The van der Waals surface area contributed by atoms with E-state index in [0.717, 1.165) is 24.5 Å². The van der Waals surface area contributed by atoms with Crippen LogP contribution in [0.15, 0.2) is 30.7 Å². The Morgan fingerprint density at radius 2 is 2.31 bits per heavy atom. The van der Waals surface area contributed by atoms with Crippen molar-refractivity contribution in [1.82, 2.24) is 19.9 Å². The molecule has 0 fully saturated rings. The molecule has 0 aliphatic carbocycles. The molecule has 1 aliphatic heterocycles. The van der Waals surface area contributed by atoms with Crippen LogP contribution >= 0.6 is 0 Å². The Balaban J connectivity index is 2.10. The van der Waals surface area contributed by atoms with E-state index in [0.29, 0.717) is 6.04 Å². The number of hydrogen-bond acceptors (Lipinski definition) is 3. The zero-order valence-electron chi connectivity index (χ0n) is 9.22. The third kappa shape index (κ3) is 1.42. The summed E-state index contributed by atoms with van der Waals surface area (Å²) in [6, 6.07) is 6.28. The van der Waals surface area contributed by atoms with E-state index < -0.39 is 0 Å². The van der Waals surface area contributed by atoms with Crippen molar-refractivity contribution in [3.8, 4) is 5.82 Å². The molecule has 0 aromatic carbocycles. The molecule has 1 atom stereocenters. The van der Waals surface area contributed by atoms with Gasteiger partial charge in [0.05, 0.1) is 11.4 Å². The summed E-state index contributed by atoms with van der Waals surface area (Å²) in [5.41, 5.74) is 2.43. The molecule has 1 N–H and O–H groups in total. The van der Waals surface area contributed by atoms with Crippen molar-refractivity contribution in [3.05, 3.63) is 42.1 Å². The third-order valence-electron chi connectivity index (χ3n) is 3.02. The summed E-state index contributed by atoms with van der Waals surface area (Å²) in [4.78, 5) is 8.83. The van der Waals surface area contributed by atoms with Crippen LogP contribution in [-0.4, -0.2) is 21.1 Å². The maximum atomic E-state index is 4.47. The molecule has 4 heteroatoms. The van der Waals surface area contributed by atoms with E-state index >= 15 is 0 Å². The fourth-order valence-corrected chi connectivity index (χ4v) is 2.20. The summed E-state index contributed by atoms with van der Waals surface area (Å²) >= 11 is 0. The fraction of sp³-hybridized carbons (Fsp3) is 0.333. The molecule has 0 amide bonds. The summed E-state index contributed by atoms with van der Waals surface area (Å²) in [6.07, 6.45) is 4.69. The Kier molecular flexibility index (Phi) is 2.22. The van der Waals surface area contributed by atoms with Gasteiger partial charge in [-0.3, -0.25) is 4.57 Å². The van der Waals surface area contributed by atoms with Gasteiger partial charge >= 0.3 is 0 Å². The SMILES string of the molecule is CC1NCCc2c1ncn2-c1ccccn1. The van der Waals surface area contributed by atoms with Crippen molar-refractivity contribution < 1.29 is 0 Å². The maximum absolute atomic E-state index is 4.47. The van der Waals surface area contributed by atoms with Crippen molar-refractivity contribution >= 4 is 0 Å². The van der Waals surface area contributed by atoms with Gasteiger partial charge in [-0.1, -0.05) is 6.07 Å². The van der Waals surface area contributed by atoms with Crippen LogP contribution < -0.4 is 5.32 Å². The topological polar surface area (TPSA) is 42.7 Å². The number of aromatic nitrogens is 3. The second-order valence-corrected chi connectivity index (χ2v) is 4.06. The number of fused-ring (bicyclic) bond motifs is 1. The molecule has 1 unspecified atom stereocenters. The second-order valence-electron chi connectivity index (χ2n) is 4.06. The quantitative estimate of drug-likeness (QED) is 0.781. The van der Waals surface area contributed by atoms with Crippen molar-refractivity contribution in [2.45, 2.75) is 19.4 Å². The van der Waals surface area contributed by atoms with Gasteiger partial charge in [0.15, 0.2) is 0 Å². The predicted molar refractivity (Wildman–Crippen MR) is 61.5 cm³/mol. The van der Waals surface area contributed by atoms with Crippen molar-refractivity contribution in [1.29, 1.82) is 0 Å². The first kappa shape index (κ1) is 9.54. The largest absolute Gasteiger partial charge is 0.308 e. The lowest BCUT2D eigenvalue weighted by atomic mass is 10.1. The molecule has 0 radical (unpaired) electrons. The highest BCUT2D eigenvalue weighted by molar-refractivity contribution is 5.31. The number of hydrogen-bond donors (Lipinski definition) is 1. The van der Waals surface area contributed by atoms with Crippen LogP contribution in [0.25, 0.3) is 5.82 Å². The van der Waals surface area contributed by atoms with E-state index in [2.05, 4.69) is 26.8 Å². The van der Waals surface area contributed by atoms with E-state index in [9.17, 15) is 0 Å². The lowest BCUT2D eigenvalue weighted by Crippen LogP contribution is -2.28. The monoisotopic (exact) mass is 214 g/mol. The highest BCUT2D eigenvalue weighted by atomic mass is 15.1. The molecule has 0 bridgehead atoms. The van der Waals surface area contributed by atoms with Crippen LogP contribution in [0.2, 0.25) is 0 Å². The normalized spacial score (nSPS) is 19.4. The summed E-state index contributed by atoms with van der Waals surface area (Å²) in [5, 5.41) is 3.41. The van der Waals surface area contributed by atoms with Crippen molar-refractivity contribution in [2.24, 2.45) is 0 Å². The van der Waals surface area contributed by atoms with E-state index in [1.807, 2.05) is 30.7 Å². The Morgan fingerprint density at radius 1 is 1.38 bits per heavy atom. The lowest BCUT2D eigenvalue weighted by Gasteiger charge is -2.20. The molecule has 0 saturated heterocycles.